The first kappa shape index (κ1) is 24.5. The van der Waals surface area contributed by atoms with Crippen LogP contribution in [0.4, 0.5) is 5.69 Å². The van der Waals surface area contributed by atoms with Crippen LogP contribution >= 0.6 is 0 Å². The molecule has 6 heteroatoms. The van der Waals surface area contributed by atoms with Gasteiger partial charge in [-0.1, -0.05) is 78.9 Å². The lowest BCUT2D eigenvalue weighted by molar-refractivity contribution is -0.117. The number of H-pyrrole nitrogens is 1. The van der Waals surface area contributed by atoms with Crippen molar-refractivity contribution in [2.24, 2.45) is 7.05 Å². The number of hydrogen-bond donors (Lipinski definition) is 3. The summed E-state index contributed by atoms with van der Waals surface area (Å²) in [5.41, 5.74) is 8.31. The average Bonchev–Trinajstić information content (AvgIpc) is 3.42. The van der Waals surface area contributed by atoms with Crippen molar-refractivity contribution in [1.29, 1.82) is 0 Å². The predicted octanol–water partition coefficient (Wildman–Crippen LogP) is 5.93. The van der Waals surface area contributed by atoms with E-state index in [0.717, 1.165) is 33.8 Å². The normalized spacial score (nSPS) is 13.0. The molecule has 2 atom stereocenters. The Hall–Kier alpha value is -4.16. The fourth-order valence-corrected chi connectivity index (χ4v) is 5.00. The smallest absolute Gasteiger partial charge is 0.241 e. The highest BCUT2D eigenvalue weighted by molar-refractivity contribution is 5.95. The van der Waals surface area contributed by atoms with Crippen molar-refractivity contribution in [1.82, 2.24) is 20.1 Å². The molecule has 0 radical (unpaired) electrons. The predicted molar refractivity (Wildman–Crippen MR) is 151 cm³/mol. The average molecular weight is 492 g/mol. The maximum absolute atomic E-state index is 13.1. The maximum atomic E-state index is 13.1. The molecule has 0 saturated heterocycles. The summed E-state index contributed by atoms with van der Waals surface area (Å²) in [6.07, 6.45) is 0. The van der Waals surface area contributed by atoms with Gasteiger partial charge in [0.15, 0.2) is 0 Å². The minimum absolute atomic E-state index is 0.0321. The number of fused-ring (bicyclic) bond motifs is 1. The van der Waals surface area contributed by atoms with Gasteiger partial charge < -0.3 is 15.6 Å². The molecule has 2 aromatic heterocycles. The number of amides is 1. The van der Waals surface area contributed by atoms with Crippen LogP contribution < -0.4 is 10.6 Å². The quantitative estimate of drug-likeness (QED) is 0.252. The lowest BCUT2D eigenvalue weighted by Gasteiger charge is -2.23. The number of aromatic nitrogens is 3. The van der Waals surface area contributed by atoms with E-state index in [1.54, 1.807) is 4.68 Å². The number of carbonyl (C=O) groups excluding carboxylic acids is 1. The van der Waals surface area contributed by atoms with E-state index in [4.69, 9.17) is 0 Å². The van der Waals surface area contributed by atoms with Gasteiger partial charge in [-0.15, -0.1) is 0 Å². The molecular weight excluding hydrogens is 458 g/mol. The molecule has 0 spiro atoms. The number of nitrogens with zero attached hydrogens (tertiary/aromatic N) is 2. The fourth-order valence-electron chi connectivity index (χ4n) is 5.00. The number of carbonyl (C=O) groups is 1. The zero-order chi connectivity index (χ0) is 25.9. The van der Waals surface area contributed by atoms with Crippen LogP contribution in [0.2, 0.25) is 0 Å². The number of anilines is 1. The van der Waals surface area contributed by atoms with E-state index in [0.29, 0.717) is 6.54 Å². The van der Waals surface area contributed by atoms with Crippen LogP contribution in [0.5, 0.6) is 0 Å². The van der Waals surface area contributed by atoms with Gasteiger partial charge in [-0.2, -0.15) is 5.10 Å². The lowest BCUT2D eigenvalue weighted by atomic mass is 9.87. The number of aryl methyl sites for hydroxylation is 2. The van der Waals surface area contributed by atoms with Crippen molar-refractivity contribution in [2.75, 3.05) is 11.9 Å². The standard InChI is InChI=1S/C31H33N5O/c1-20-29(22(3)36(4)35-20)34-31(37)21(2)32-19-26(23-13-7-5-8-14-23)28-25-17-11-12-18-27(25)33-30(28)24-15-9-6-10-16-24/h5-18,21,26,32-33H,19H2,1-4H3,(H,34,37)/t21-,26-/m0/s1. The highest BCUT2D eigenvalue weighted by Crippen LogP contribution is 2.38. The molecular formula is C31H33N5O. The van der Waals surface area contributed by atoms with E-state index in [9.17, 15) is 4.79 Å². The monoisotopic (exact) mass is 491 g/mol. The summed E-state index contributed by atoms with van der Waals surface area (Å²) in [7, 11) is 1.88. The summed E-state index contributed by atoms with van der Waals surface area (Å²) in [4.78, 5) is 16.8. The second-order valence-electron chi connectivity index (χ2n) is 9.58. The molecule has 0 saturated carbocycles. The molecule has 0 fully saturated rings. The van der Waals surface area contributed by atoms with Crippen molar-refractivity contribution >= 4 is 22.5 Å². The molecule has 3 N–H and O–H groups in total. The maximum Gasteiger partial charge on any atom is 0.241 e. The number of rotatable bonds is 8. The molecule has 3 aromatic carbocycles. The number of aromatic amines is 1. The molecule has 5 aromatic rings. The van der Waals surface area contributed by atoms with Crippen molar-refractivity contribution in [2.45, 2.75) is 32.7 Å². The van der Waals surface area contributed by atoms with Gasteiger partial charge in [-0.3, -0.25) is 9.48 Å². The molecule has 0 unspecified atom stereocenters. The topological polar surface area (TPSA) is 74.7 Å². The SMILES string of the molecule is Cc1nn(C)c(C)c1NC(=O)[C@H](C)NC[C@@H](c1ccccc1)c1c(-c2ccccc2)[nH]c2ccccc12. The third kappa shape index (κ3) is 4.93. The summed E-state index contributed by atoms with van der Waals surface area (Å²) in [6.45, 7) is 6.38. The first-order valence-electron chi connectivity index (χ1n) is 12.7. The Kier molecular flexibility index (Phi) is 6.93. The molecule has 6 nitrogen and oxygen atoms in total. The minimum atomic E-state index is -0.393. The highest BCUT2D eigenvalue weighted by atomic mass is 16.2. The van der Waals surface area contributed by atoms with Gasteiger partial charge >= 0.3 is 0 Å². The first-order valence-corrected chi connectivity index (χ1v) is 12.7. The van der Waals surface area contributed by atoms with Gasteiger partial charge in [0, 0.05) is 30.4 Å². The number of hydrogen-bond acceptors (Lipinski definition) is 3. The third-order valence-electron chi connectivity index (χ3n) is 7.14. The summed E-state index contributed by atoms with van der Waals surface area (Å²) in [5, 5.41) is 12.2. The van der Waals surface area contributed by atoms with Gasteiger partial charge in [-0.25, -0.2) is 0 Å². The van der Waals surface area contributed by atoms with E-state index in [1.165, 1.54) is 16.5 Å². The van der Waals surface area contributed by atoms with Gasteiger partial charge in [-0.05, 0) is 43.5 Å². The Morgan fingerprint density at radius 1 is 0.946 bits per heavy atom. The van der Waals surface area contributed by atoms with E-state index in [2.05, 4.69) is 93.5 Å². The van der Waals surface area contributed by atoms with Crippen LogP contribution in [0.25, 0.3) is 22.2 Å². The van der Waals surface area contributed by atoms with E-state index in [1.807, 2.05) is 40.0 Å². The second-order valence-corrected chi connectivity index (χ2v) is 9.58. The van der Waals surface area contributed by atoms with E-state index in [-0.39, 0.29) is 11.8 Å². The van der Waals surface area contributed by atoms with Crippen molar-refractivity contribution in [3.63, 3.8) is 0 Å². The highest BCUT2D eigenvalue weighted by Gasteiger charge is 2.25. The van der Waals surface area contributed by atoms with E-state index < -0.39 is 6.04 Å². The number of nitrogens with one attached hydrogen (secondary N) is 3. The van der Waals surface area contributed by atoms with Crippen LogP contribution in [-0.2, 0) is 11.8 Å². The molecule has 0 bridgehead atoms. The Labute approximate surface area is 217 Å². The summed E-state index contributed by atoms with van der Waals surface area (Å²) in [5.74, 6) is -0.0436. The molecule has 37 heavy (non-hydrogen) atoms. The Bertz CT molecular complexity index is 1520. The van der Waals surface area contributed by atoms with Crippen LogP contribution in [0.1, 0.15) is 35.4 Å². The van der Waals surface area contributed by atoms with E-state index >= 15 is 0 Å². The van der Waals surface area contributed by atoms with Crippen molar-refractivity contribution < 1.29 is 4.79 Å². The largest absolute Gasteiger partial charge is 0.354 e. The summed E-state index contributed by atoms with van der Waals surface area (Å²) >= 11 is 0. The second kappa shape index (κ2) is 10.4. The summed E-state index contributed by atoms with van der Waals surface area (Å²) in [6, 6.07) is 29.0. The van der Waals surface area contributed by atoms with Crippen molar-refractivity contribution in [3.05, 3.63) is 107 Å². The number of para-hydroxylation sites is 1. The van der Waals surface area contributed by atoms with Gasteiger partial charge in [0.25, 0.3) is 0 Å². The van der Waals surface area contributed by atoms with Gasteiger partial charge in [0.05, 0.1) is 28.8 Å². The van der Waals surface area contributed by atoms with Crippen LogP contribution in [0, 0.1) is 13.8 Å². The Balaban J connectivity index is 1.48. The first-order chi connectivity index (χ1) is 17.9. The van der Waals surface area contributed by atoms with Gasteiger partial charge in [0.1, 0.15) is 0 Å². The molecule has 1 amide bonds. The van der Waals surface area contributed by atoms with Gasteiger partial charge in [0.2, 0.25) is 5.91 Å². The zero-order valence-corrected chi connectivity index (χ0v) is 21.7. The lowest BCUT2D eigenvalue weighted by Crippen LogP contribution is -2.40. The summed E-state index contributed by atoms with van der Waals surface area (Å²) < 4.78 is 1.79. The molecule has 0 aliphatic rings. The fraction of sp³-hybridized carbons (Fsp3) is 0.226. The molecule has 5 rings (SSSR count). The molecule has 188 valence electrons. The third-order valence-corrected chi connectivity index (χ3v) is 7.14. The minimum Gasteiger partial charge on any atom is -0.354 e. The van der Waals surface area contributed by atoms with Crippen LogP contribution in [0.3, 0.4) is 0 Å². The Morgan fingerprint density at radius 3 is 2.27 bits per heavy atom. The van der Waals surface area contributed by atoms with Crippen LogP contribution in [-0.4, -0.2) is 33.3 Å². The zero-order valence-electron chi connectivity index (χ0n) is 21.7. The van der Waals surface area contributed by atoms with Crippen LogP contribution in [0.15, 0.2) is 84.9 Å². The number of benzene rings is 3. The molecule has 2 heterocycles. The molecule has 0 aliphatic heterocycles. The Morgan fingerprint density at radius 2 is 1.59 bits per heavy atom. The van der Waals surface area contributed by atoms with Crippen molar-refractivity contribution in [3.8, 4) is 11.3 Å². The molecule has 0 aliphatic carbocycles.